The fraction of sp³-hybridized carbons (Fsp3) is 0.0714. The van der Waals surface area contributed by atoms with E-state index >= 15 is 0 Å². The number of fused-ring (bicyclic) bond motifs is 1. The summed E-state index contributed by atoms with van der Waals surface area (Å²) in [5.41, 5.74) is 3.77. The predicted octanol–water partition coefficient (Wildman–Crippen LogP) is 3.14. The summed E-state index contributed by atoms with van der Waals surface area (Å²) in [5.74, 6) is -0.357. The van der Waals surface area contributed by atoms with Crippen molar-refractivity contribution in [2.45, 2.75) is 0 Å². The molecule has 0 bridgehead atoms. The molecule has 2 heterocycles. The number of ether oxygens (including phenoxy) is 1. The summed E-state index contributed by atoms with van der Waals surface area (Å²) in [6.45, 7) is 0. The first-order chi connectivity index (χ1) is 9.29. The highest BCUT2D eigenvalue weighted by Gasteiger charge is 2.14. The van der Waals surface area contributed by atoms with Crippen molar-refractivity contribution in [3.8, 4) is 10.6 Å². The molecule has 0 unspecified atom stereocenters. The maximum Gasteiger partial charge on any atom is 0.338 e. The van der Waals surface area contributed by atoms with E-state index in [0.29, 0.717) is 5.56 Å². The number of hydrogen-bond donors (Lipinski definition) is 0. The van der Waals surface area contributed by atoms with Gasteiger partial charge in [-0.05, 0) is 12.1 Å². The number of methoxy groups -OCH3 is 1. The van der Waals surface area contributed by atoms with Gasteiger partial charge in [-0.1, -0.05) is 18.2 Å². The lowest BCUT2D eigenvalue weighted by Gasteiger charge is -2.06. The summed E-state index contributed by atoms with van der Waals surface area (Å²) >= 11 is 1.49. The van der Waals surface area contributed by atoms with Crippen molar-refractivity contribution < 1.29 is 9.53 Å². The first kappa shape index (κ1) is 11.8. The molecule has 1 aromatic carbocycles. The molecule has 0 atom stereocenters. The molecular formula is C14H10N2O2S. The molecule has 0 aliphatic carbocycles. The van der Waals surface area contributed by atoms with E-state index in [4.69, 9.17) is 4.74 Å². The number of nitrogens with zero attached hydrogens (tertiary/aromatic N) is 2. The minimum Gasteiger partial charge on any atom is -0.465 e. The molecule has 0 saturated carbocycles. The van der Waals surface area contributed by atoms with Crippen LogP contribution >= 0.6 is 11.3 Å². The third-order valence-electron chi connectivity index (χ3n) is 2.81. The Bertz CT molecular complexity index is 738. The lowest BCUT2D eigenvalue weighted by atomic mass is 10.1. The number of carbonyl (C=O) groups is 1. The van der Waals surface area contributed by atoms with Crippen LogP contribution < -0.4 is 0 Å². The Balaban J connectivity index is 2.29. The van der Waals surface area contributed by atoms with Crippen molar-refractivity contribution in [3.05, 3.63) is 47.6 Å². The van der Waals surface area contributed by atoms with Crippen molar-refractivity contribution in [2.75, 3.05) is 7.11 Å². The van der Waals surface area contributed by atoms with E-state index in [2.05, 4.69) is 9.97 Å². The van der Waals surface area contributed by atoms with E-state index in [-0.39, 0.29) is 5.97 Å². The minimum atomic E-state index is -0.357. The Labute approximate surface area is 113 Å². The molecule has 0 amide bonds. The van der Waals surface area contributed by atoms with Crippen LogP contribution in [-0.2, 0) is 4.74 Å². The number of benzene rings is 1. The van der Waals surface area contributed by atoms with E-state index in [1.165, 1.54) is 18.4 Å². The zero-order chi connectivity index (χ0) is 13.2. The number of rotatable bonds is 2. The zero-order valence-electron chi connectivity index (χ0n) is 10.2. The molecule has 0 spiro atoms. The molecule has 4 nitrogen and oxygen atoms in total. The molecule has 0 fully saturated rings. The second-order valence-electron chi connectivity index (χ2n) is 3.93. The molecule has 19 heavy (non-hydrogen) atoms. The average Bonchev–Trinajstić information content (AvgIpc) is 2.99. The molecule has 3 aromatic rings. The van der Waals surface area contributed by atoms with Gasteiger partial charge in [0.1, 0.15) is 0 Å². The smallest absolute Gasteiger partial charge is 0.338 e. The Hall–Kier alpha value is -2.27. The standard InChI is InChI=1S/C14H10N2O2S/c1-18-14(17)10-6-12(13-7-15-8-19-13)16-11-5-3-2-4-9(10)11/h2-8H,1H3. The minimum absolute atomic E-state index is 0.357. The average molecular weight is 270 g/mol. The van der Waals surface area contributed by atoms with Gasteiger partial charge in [-0.2, -0.15) is 0 Å². The van der Waals surface area contributed by atoms with Gasteiger partial charge in [0.05, 0.1) is 34.3 Å². The number of hydrogen-bond acceptors (Lipinski definition) is 5. The third-order valence-corrected chi connectivity index (χ3v) is 3.60. The molecule has 0 aliphatic heterocycles. The lowest BCUT2D eigenvalue weighted by Crippen LogP contribution is -2.03. The summed E-state index contributed by atoms with van der Waals surface area (Å²) in [7, 11) is 1.38. The summed E-state index contributed by atoms with van der Waals surface area (Å²) in [6.07, 6.45) is 1.74. The highest BCUT2D eigenvalue weighted by atomic mass is 32.1. The van der Waals surface area contributed by atoms with Crippen LogP contribution in [0.3, 0.4) is 0 Å². The number of para-hydroxylation sites is 1. The Morgan fingerprint density at radius 2 is 2.16 bits per heavy atom. The van der Waals surface area contributed by atoms with Crippen LogP contribution in [0.25, 0.3) is 21.5 Å². The second-order valence-corrected chi connectivity index (χ2v) is 4.82. The van der Waals surface area contributed by atoms with Crippen LogP contribution in [0, 0.1) is 0 Å². The lowest BCUT2D eigenvalue weighted by molar-refractivity contribution is 0.0603. The fourth-order valence-corrected chi connectivity index (χ4v) is 2.51. The van der Waals surface area contributed by atoms with Gasteiger partial charge in [-0.3, -0.25) is 4.98 Å². The predicted molar refractivity (Wildman–Crippen MR) is 74.2 cm³/mol. The van der Waals surface area contributed by atoms with Crippen LogP contribution in [0.4, 0.5) is 0 Å². The Morgan fingerprint density at radius 3 is 2.89 bits per heavy atom. The highest BCUT2D eigenvalue weighted by molar-refractivity contribution is 7.13. The van der Waals surface area contributed by atoms with Gasteiger partial charge in [0.25, 0.3) is 0 Å². The van der Waals surface area contributed by atoms with Crippen LogP contribution in [0.15, 0.2) is 42.0 Å². The second kappa shape index (κ2) is 4.78. The van der Waals surface area contributed by atoms with Gasteiger partial charge >= 0.3 is 5.97 Å². The van der Waals surface area contributed by atoms with Crippen molar-refractivity contribution in [1.82, 2.24) is 9.97 Å². The summed E-state index contributed by atoms with van der Waals surface area (Å²) in [6, 6.07) is 9.27. The summed E-state index contributed by atoms with van der Waals surface area (Å²) < 4.78 is 4.84. The number of carbonyl (C=O) groups excluding carboxylic acids is 1. The number of pyridine rings is 1. The van der Waals surface area contributed by atoms with Gasteiger partial charge in [0.2, 0.25) is 0 Å². The Morgan fingerprint density at radius 1 is 1.32 bits per heavy atom. The SMILES string of the molecule is COC(=O)c1cc(-c2cncs2)nc2ccccc12. The first-order valence-corrected chi connectivity index (χ1v) is 6.54. The molecule has 0 saturated heterocycles. The van der Waals surface area contributed by atoms with Crippen molar-refractivity contribution >= 4 is 28.2 Å². The molecule has 0 aliphatic rings. The normalized spacial score (nSPS) is 10.6. The van der Waals surface area contributed by atoms with Crippen LogP contribution in [0.2, 0.25) is 0 Å². The molecule has 2 aromatic heterocycles. The number of aromatic nitrogens is 2. The maximum atomic E-state index is 11.9. The largest absolute Gasteiger partial charge is 0.465 e. The molecule has 3 rings (SSSR count). The van der Waals surface area contributed by atoms with Gasteiger partial charge in [-0.25, -0.2) is 9.78 Å². The van der Waals surface area contributed by atoms with E-state index in [9.17, 15) is 4.79 Å². The topological polar surface area (TPSA) is 52.1 Å². The summed E-state index contributed by atoms with van der Waals surface area (Å²) in [4.78, 5) is 21.4. The van der Waals surface area contributed by atoms with Crippen molar-refractivity contribution in [2.24, 2.45) is 0 Å². The van der Waals surface area contributed by atoms with E-state index < -0.39 is 0 Å². The molecular weight excluding hydrogens is 260 g/mol. The van der Waals surface area contributed by atoms with Crippen molar-refractivity contribution in [3.63, 3.8) is 0 Å². The molecule has 0 radical (unpaired) electrons. The Kier molecular flexibility index (Phi) is 2.97. The monoisotopic (exact) mass is 270 g/mol. The van der Waals surface area contributed by atoms with Gasteiger partial charge in [0, 0.05) is 11.6 Å². The fourth-order valence-electron chi connectivity index (χ4n) is 1.92. The van der Waals surface area contributed by atoms with Gasteiger partial charge in [0.15, 0.2) is 0 Å². The van der Waals surface area contributed by atoms with Crippen LogP contribution in [0.1, 0.15) is 10.4 Å². The summed E-state index contributed by atoms with van der Waals surface area (Å²) in [5, 5.41) is 0.794. The van der Waals surface area contributed by atoms with E-state index in [0.717, 1.165) is 21.5 Å². The number of esters is 1. The van der Waals surface area contributed by atoms with Crippen LogP contribution in [-0.4, -0.2) is 23.0 Å². The van der Waals surface area contributed by atoms with Gasteiger partial charge < -0.3 is 4.74 Å². The van der Waals surface area contributed by atoms with Crippen LogP contribution in [0.5, 0.6) is 0 Å². The van der Waals surface area contributed by atoms with Gasteiger partial charge in [-0.15, -0.1) is 11.3 Å². The van der Waals surface area contributed by atoms with Crippen molar-refractivity contribution in [1.29, 1.82) is 0 Å². The first-order valence-electron chi connectivity index (χ1n) is 5.66. The van der Waals surface area contributed by atoms with E-state index in [1.807, 2.05) is 24.3 Å². The quantitative estimate of drug-likeness (QED) is 0.671. The molecule has 0 N–H and O–H groups in total. The van der Waals surface area contributed by atoms with E-state index in [1.54, 1.807) is 17.8 Å². The highest BCUT2D eigenvalue weighted by Crippen LogP contribution is 2.27. The third kappa shape index (κ3) is 2.08. The number of thiazole rings is 1. The maximum absolute atomic E-state index is 11.9. The molecule has 5 heteroatoms. The zero-order valence-corrected chi connectivity index (χ0v) is 11.0. The molecule has 94 valence electrons.